The summed E-state index contributed by atoms with van der Waals surface area (Å²) >= 11 is 0. The van der Waals surface area contributed by atoms with Crippen LogP contribution in [0.5, 0.6) is 0 Å². The van der Waals surface area contributed by atoms with Crippen molar-refractivity contribution in [2.24, 2.45) is 0 Å². The van der Waals surface area contributed by atoms with Crippen molar-refractivity contribution in [2.75, 3.05) is 6.61 Å². The summed E-state index contributed by atoms with van der Waals surface area (Å²) in [6, 6.07) is 0. The molecule has 1 atom stereocenters. The van der Waals surface area contributed by atoms with Crippen LogP contribution in [-0.4, -0.2) is 25.9 Å². The van der Waals surface area contributed by atoms with Gasteiger partial charge in [0.15, 0.2) is 6.29 Å². The van der Waals surface area contributed by atoms with Gasteiger partial charge in [-0.25, -0.2) is 4.18 Å². The van der Waals surface area contributed by atoms with Gasteiger partial charge in [-0.3, -0.25) is 4.55 Å². The molecule has 0 fully saturated rings. The Labute approximate surface area is 152 Å². The van der Waals surface area contributed by atoms with Crippen LogP contribution in [0.1, 0.15) is 71.1 Å². The Bertz CT molecular complexity index is 308. The summed E-state index contributed by atoms with van der Waals surface area (Å²) < 4.78 is 39.3. The molecule has 1 unspecified atom stereocenters. The van der Waals surface area contributed by atoms with Crippen molar-refractivity contribution in [1.29, 1.82) is 0 Å². The second-order valence-corrected chi connectivity index (χ2v) is 5.99. The van der Waals surface area contributed by atoms with Gasteiger partial charge >= 0.3 is 40.0 Å². The fourth-order valence-electron chi connectivity index (χ4n) is 2.05. The van der Waals surface area contributed by atoms with Crippen LogP contribution >= 0.6 is 0 Å². The van der Waals surface area contributed by atoms with Crippen LogP contribution in [0.25, 0.3) is 0 Å². The topological polar surface area (TPSA) is 72.8 Å². The monoisotopic (exact) mass is 332 g/mol. The van der Waals surface area contributed by atoms with E-state index in [0.717, 1.165) is 19.3 Å². The van der Waals surface area contributed by atoms with Crippen LogP contribution < -0.4 is 29.6 Å². The molecular formula is C14H29NaO5S. The summed E-state index contributed by atoms with van der Waals surface area (Å²) in [5.74, 6) is 0. The molecule has 0 heterocycles. The Hall–Kier alpha value is 0.830. The molecule has 5 nitrogen and oxygen atoms in total. The maximum atomic E-state index is 10.6. The minimum absolute atomic E-state index is 0. The van der Waals surface area contributed by atoms with Crippen molar-refractivity contribution in [3.63, 3.8) is 0 Å². The zero-order valence-corrected chi connectivity index (χ0v) is 16.4. The predicted octanol–water partition coefficient (Wildman–Crippen LogP) is 0.907. The van der Waals surface area contributed by atoms with E-state index >= 15 is 0 Å². The molecule has 0 bridgehead atoms. The van der Waals surface area contributed by atoms with E-state index in [0.29, 0.717) is 6.42 Å². The van der Waals surface area contributed by atoms with E-state index in [1.165, 1.54) is 38.5 Å². The van der Waals surface area contributed by atoms with E-state index < -0.39 is 16.7 Å². The van der Waals surface area contributed by atoms with E-state index in [1.807, 2.05) is 0 Å². The molecule has 0 spiro atoms. The largest absolute Gasteiger partial charge is 1.00 e. The average molecular weight is 332 g/mol. The summed E-state index contributed by atoms with van der Waals surface area (Å²) in [5, 5.41) is 0. The van der Waals surface area contributed by atoms with Gasteiger partial charge in [0, 0.05) is 0 Å². The third kappa shape index (κ3) is 18.8. The number of rotatable bonds is 14. The van der Waals surface area contributed by atoms with E-state index in [4.69, 9.17) is 9.29 Å². The number of hydrogen-bond donors (Lipinski definition) is 1. The Morgan fingerprint density at radius 1 is 1.00 bits per heavy atom. The molecule has 0 saturated carbocycles. The van der Waals surface area contributed by atoms with Gasteiger partial charge in [0.05, 0.1) is 0 Å². The minimum atomic E-state index is -4.46. The van der Waals surface area contributed by atoms with Gasteiger partial charge in [-0.15, -0.1) is 0 Å². The molecule has 0 aromatic rings. The molecule has 0 amide bonds. The molecule has 21 heavy (non-hydrogen) atoms. The van der Waals surface area contributed by atoms with Gasteiger partial charge in [-0.05, 0) is 12.8 Å². The van der Waals surface area contributed by atoms with Gasteiger partial charge in [0.1, 0.15) is 0 Å². The van der Waals surface area contributed by atoms with Crippen molar-refractivity contribution < 1.29 is 51.4 Å². The summed E-state index contributed by atoms with van der Waals surface area (Å²) in [6.45, 7) is 5.79. The smallest absolute Gasteiger partial charge is 0.384 e. The van der Waals surface area contributed by atoms with Crippen LogP contribution in [-0.2, 0) is 19.3 Å². The fraction of sp³-hybridized carbons (Fsp3) is 0.929. The van der Waals surface area contributed by atoms with Crippen molar-refractivity contribution >= 4 is 10.4 Å². The average Bonchev–Trinajstić information content (AvgIpc) is 2.35. The molecule has 1 N–H and O–H groups in total. The van der Waals surface area contributed by atoms with Gasteiger partial charge in [-0.1, -0.05) is 64.9 Å². The van der Waals surface area contributed by atoms with E-state index in [2.05, 4.69) is 18.0 Å². The van der Waals surface area contributed by atoms with Crippen molar-refractivity contribution in [3.05, 3.63) is 6.92 Å². The first-order valence-electron chi connectivity index (χ1n) is 7.56. The second-order valence-electron chi connectivity index (χ2n) is 4.94. The summed E-state index contributed by atoms with van der Waals surface area (Å²) in [4.78, 5) is 0. The molecule has 0 radical (unpaired) electrons. The normalized spacial score (nSPS) is 12.9. The second kappa shape index (κ2) is 15.7. The molecule has 0 saturated heterocycles. The Kier molecular flexibility index (Phi) is 18.0. The predicted molar refractivity (Wildman–Crippen MR) is 79.6 cm³/mol. The van der Waals surface area contributed by atoms with Gasteiger partial charge in [-0.2, -0.15) is 8.42 Å². The van der Waals surface area contributed by atoms with Gasteiger partial charge < -0.3 is 11.7 Å². The standard InChI is InChI=1S/C14H29O5S.Na/c1-3-5-6-7-8-9-10-11-12-13-14(18-4-2)19-20(15,16)17;/h14H,2-13H2,1H3,(H,15,16,17);/q-1;+1. The van der Waals surface area contributed by atoms with Crippen molar-refractivity contribution in [1.82, 2.24) is 0 Å². The van der Waals surface area contributed by atoms with E-state index in [-0.39, 0.29) is 36.2 Å². The van der Waals surface area contributed by atoms with E-state index in [9.17, 15) is 8.42 Å². The van der Waals surface area contributed by atoms with Crippen LogP contribution in [0.3, 0.4) is 0 Å². The molecule has 0 aromatic heterocycles. The summed E-state index contributed by atoms with van der Waals surface area (Å²) in [5.41, 5.74) is 0. The third-order valence-electron chi connectivity index (χ3n) is 3.08. The Morgan fingerprint density at radius 3 is 1.90 bits per heavy atom. The summed E-state index contributed by atoms with van der Waals surface area (Å²) in [6.07, 6.45) is 10.2. The SMILES string of the molecule is [CH2-]COC(CCCCCCCCCCC)OS(=O)(=O)O.[Na+]. The van der Waals surface area contributed by atoms with Crippen LogP contribution in [0, 0.1) is 6.92 Å². The number of unbranched alkanes of at least 4 members (excludes halogenated alkanes) is 8. The molecule has 0 aliphatic rings. The van der Waals surface area contributed by atoms with Crippen LogP contribution in [0.15, 0.2) is 0 Å². The molecule has 0 aliphatic heterocycles. The van der Waals surface area contributed by atoms with Crippen molar-refractivity contribution in [3.8, 4) is 0 Å². The first-order chi connectivity index (χ1) is 9.49. The van der Waals surface area contributed by atoms with Gasteiger partial charge in [0.2, 0.25) is 0 Å². The van der Waals surface area contributed by atoms with Crippen LogP contribution in [0.2, 0.25) is 0 Å². The van der Waals surface area contributed by atoms with Crippen LogP contribution in [0.4, 0.5) is 0 Å². The minimum Gasteiger partial charge on any atom is -0.384 e. The number of hydrogen-bond acceptors (Lipinski definition) is 4. The Balaban J connectivity index is 0. The van der Waals surface area contributed by atoms with Crippen molar-refractivity contribution in [2.45, 2.75) is 77.4 Å². The molecule has 0 aliphatic carbocycles. The first-order valence-corrected chi connectivity index (χ1v) is 8.92. The zero-order chi connectivity index (χ0) is 15.3. The van der Waals surface area contributed by atoms with Gasteiger partial charge in [0.25, 0.3) is 0 Å². The Morgan fingerprint density at radius 2 is 1.48 bits per heavy atom. The molecule has 7 heteroatoms. The molecule has 122 valence electrons. The molecule has 0 aromatic carbocycles. The molecular weight excluding hydrogens is 303 g/mol. The third-order valence-corrected chi connectivity index (χ3v) is 3.53. The number of ether oxygens (including phenoxy) is 1. The quantitative estimate of drug-likeness (QED) is 0.168. The van der Waals surface area contributed by atoms with E-state index in [1.54, 1.807) is 0 Å². The maximum absolute atomic E-state index is 10.6. The molecule has 0 rings (SSSR count). The zero-order valence-electron chi connectivity index (χ0n) is 13.6. The first kappa shape index (κ1) is 24.1. The fourth-order valence-corrected chi connectivity index (χ4v) is 2.47. The summed E-state index contributed by atoms with van der Waals surface area (Å²) in [7, 11) is -4.46. The maximum Gasteiger partial charge on any atom is 1.00 e.